The summed E-state index contributed by atoms with van der Waals surface area (Å²) in [6.45, 7) is 5.41. The van der Waals surface area contributed by atoms with Gasteiger partial charge in [-0.25, -0.2) is 4.98 Å². The van der Waals surface area contributed by atoms with Gasteiger partial charge in [-0.1, -0.05) is 36.4 Å². The van der Waals surface area contributed by atoms with Gasteiger partial charge in [0.15, 0.2) is 5.69 Å². The number of likely N-dealkylation sites (N-methyl/N-ethyl adjacent to an activating group) is 1. The highest BCUT2D eigenvalue weighted by molar-refractivity contribution is 5.94. The molecule has 3 heterocycles. The second-order valence-corrected chi connectivity index (χ2v) is 7.56. The molecule has 0 aliphatic carbocycles. The molecular weight excluding hydrogens is 350 g/mol. The number of carbonyl (C=O) groups is 1. The summed E-state index contributed by atoms with van der Waals surface area (Å²) < 4.78 is 2.06. The molecular formula is C22H27N5O. The van der Waals surface area contributed by atoms with E-state index in [1.165, 1.54) is 0 Å². The van der Waals surface area contributed by atoms with Crippen molar-refractivity contribution in [2.24, 2.45) is 0 Å². The normalized spacial score (nSPS) is 15.8. The minimum absolute atomic E-state index is 0.0309. The molecule has 0 bridgehead atoms. The Morgan fingerprint density at radius 3 is 2.50 bits per heavy atom. The lowest BCUT2D eigenvalue weighted by Gasteiger charge is -2.32. The summed E-state index contributed by atoms with van der Waals surface area (Å²) in [7, 11) is 4.00. The summed E-state index contributed by atoms with van der Waals surface area (Å²) in [5, 5.41) is 0. The van der Waals surface area contributed by atoms with E-state index in [0.717, 1.165) is 49.6 Å². The van der Waals surface area contributed by atoms with Gasteiger partial charge < -0.3 is 14.2 Å². The van der Waals surface area contributed by atoms with Gasteiger partial charge >= 0.3 is 0 Å². The van der Waals surface area contributed by atoms with Crippen LogP contribution in [0.5, 0.6) is 0 Å². The van der Waals surface area contributed by atoms with Gasteiger partial charge in [0.05, 0.1) is 5.69 Å². The number of fused-ring (bicyclic) bond motifs is 1. The van der Waals surface area contributed by atoms with E-state index in [0.29, 0.717) is 12.2 Å². The summed E-state index contributed by atoms with van der Waals surface area (Å²) in [4.78, 5) is 24.4. The molecule has 3 aromatic rings. The lowest BCUT2D eigenvalue weighted by Crippen LogP contribution is -2.44. The number of amides is 1. The minimum atomic E-state index is -0.0309. The van der Waals surface area contributed by atoms with E-state index in [4.69, 9.17) is 4.98 Å². The van der Waals surface area contributed by atoms with Crippen molar-refractivity contribution in [3.8, 4) is 0 Å². The zero-order valence-corrected chi connectivity index (χ0v) is 16.6. The molecule has 0 saturated carbocycles. The van der Waals surface area contributed by atoms with Crippen molar-refractivity contribution in [2.75, 3.05) is 40.3 Å². The van der Waals surface area contributed by atoms with E-state index in [1.807, 2.05) is 61.8 Å². The fourth-order valence-corrected chi connectivity index (χ4v) is 3.70. The molecule has 0 radical (unpaired) electrons. The summed E-state index contributed by atoms with van der Waals surface area (Å²) in [6, 6.07) is 16.0. The van der Waals surface area contributed by atoms with E-state index >= 15 is 0 Å². The van der Waals surface area contributed by atoms with Crippen molar-refractivity contribution in [1.29, 1.82) is 0 Å². The molecule has 1 saturated heterocycles. The number of nitrogens with zero attached hydrogens (tertiary/aromatic N) is 5. The van der Waals surface area contributed by atoms with Crippen molar-refractivity contribution in [1.82, 2.24) is 24.1 Å². The molecule has 6 heteroatoms. The summed E-state index contributed by atoms with van der Waals surface area (Å²) in [5.74, 6) is -0.0309. The van der Waals surface area contributed by atoms with Gasteiger partial charge in [0.2, 0.25) is 0 Å². The van der Waals surface area contributed by atoms with Gasteiger partial charge in [0, 0.05) is 52.5 Å². The zero-order chi connectivity index (χ0) is 19.5. The highest BCUT2D eigenvalue weighted by atomic mass is 16.2. The molecule has 6 nitrogen and oxygen atoms in total. The van der Waals surface area contributed by atoms with Gasteiger partial charge in [0.25, 0.3) is 5.91 Å². The van der Waals surface area contributed by atoms with Crippen molar-refractivity contribution in [2.45, 2.75) is 13.1 Å². The molecule has 1 fully saturated rings. The van der Waals surface area contributed by atoms with E-state index in [9.17, 15) is 4.79 Å². The Morgan fingerprint density at radius 2 is 1.75 bits per heavy atom. The quantitative estimate of drug-likeness (QED) is 0.685. The molecule has 1 aliphatic rings. The highest BCUT2D eigenvalue weighted by Gasteiger charge is 2.24. The Kier molecular flexibility index (Phi) is 5.41. The van der Waals surface area contributed by atoms with E-state index in [1.54, 1.807) is 4.90 Å². The van der Waals surface area contributed by atoms with Crippen molar-refractivity contribution in [3.05, 3.63) is 71.7 Å². The Balaban J connectivity index is 1.61. The predicted octanol–water partition coefficient (Wildman–Crippen LogP) is 2.35. The molecule has 0 N–H and O–H groups in total. The number of benzene rings is 1. The Bertz CT molecular complexity index is 944. The topological polar surface area (TPSA) is 44.1 Å². The van der Waals surface area contributed by atoms with Crippen molar-refractivity contribution in [3.63, 3.8) is 0 Å². The molecule has 4 rings (SSSR count). The number of piperazine rings is 1. The lowest BCUT2D eigenvalue weighted by molar-refractivity contribution is 0.0776. The van der Waals surface area contributed by atoms with Gasteiger partial charge in [-0.2, -0.15) is 0 Å². The maximum atomic E-state index is 13.3. The van der Waals surface area contributed by atoms with Crippen LogP contribution in [0.1, 0.15) is 21.7 Å². The number of carbonyl (C=O) groups excluding carboxylic acids is 1. The maximum Gasteiger partial charge on any atom is 0.274 e. The average molecular weight is 377 g/mol. The van der Waals surface area contributed by atoms with Crippen LogP contribution in [0.25, 0.3) is 5.65 Å². The van der Waals surface area contributed by atoms with Crippen LogP contribution in [-0.2, 0) is 13.1 Å². The van der Waals surface area contributed by atoms with Gasteiger partial charge in [-0.15, -0.1) is 0 Å². The van der Waals surface area contributed by atoms with Crippen LogP contribution in [0.4, 0.5) is 0 Å². The summed E-state index contributed by atoms with van der Waals surface area (Å²) >= 11 is 0. The highest BCUT2D eigenvalue weighted by Crippen LogP contribution is 2.18. The number of aromatic nitrogens is 2. The van der Waals surface area contributed by atoms with Gasteiger partial charge in [-0.3, -0.25) is 9.69 Å². The fourth-order valence-electron chi connectivity index (χ4n) is 3.70. The number of rotatable bonds is 5. The van der Waals surface area contributed by atoms with Crippen LogP contribution in [0.2, 0.25) is 0 Å². The SMILES string of the molecule is CN1CCN(Cc2c(C(=O)N(C)Cc3ccccc3)nc3ccccn23)CC1. The fraction of sp³-hybridized carbons (Fsp3) is 0.364. The number of imidazole rings is 1. The van der Waals surface area contributed by atoms with Crippen LogP contribution < -0.4 is 0 Å². The van der Waals surface area contributed by atoms with E-state index in [2.05, 4.69) is 21.2 Å². The second-order valence-electron chi connectivity index (χ2n) is 7.56. The minimum Gasteiger partial charge on any atom is -0.336 e. The summed E-state index contributed by atoms with van der Waals surface area (Å²) in [6.07, 6.45) is 2.00. The number of hydrogen-bond donors (Lipinski definition) is 0. The van der Waals surface area contributed by atoms with Crippen molar-refractivity contribution >= 4 is 11.6 Å². The van der Waals surface area contributed by atoms with Gasteiger partial charge in [0.1, 0.15) is 5.65 Å². The largest absolute Gasteiger partial charge is 0.336 e. The third-order valence-corrected chi connectivity index (χ3v) is 5.41. The maximum absolute atomic E-state index is 13.3. The van der Waals surface area contributed by atoms with Crippen LogP contribution in [0.15, 0.2) is 54.7 Å². The number of hydrogen-bond acceptors (Lipinski definition) is 4. The van der Waals surface area contributed by atoms with Crippen LogP contribution in [0, 0.1) is 0 Å². The first kappa shape index (κ1) is 18.7. The molecule has 1 aromatic carbocycles. The Labute approximate surface area is 166 Å². The first-order chi connectivity index (χ1) is 13.6. The molecule has 28 heavy (non-hydrogen) atoms. The predicted molar refractivity (Wildman–Crippen MR) is 110 cm³/mol. The number of pyridine rings is 1. The summed E-state index contributed by atoms with van der Waals surface area (Å²) in [5.41, 5.74) is 3.47. The van der Waals surface area contributed by atoms with Crippen LogP contribution in [-0.4, -0.2) is 70.3 Å². The Morgan fingerprint density at radius 1 is 1.04 bits per heavy atom. The molecule has 146 valence electrons. The monoisotopic (exact) mass is 377 g/mol. The lowest BCUT2D eigenvalue weighted by atomic mass is 10.2. The smallest absolute Gasteiger partial charge is 0.274 e. The standard InChI is InChI=1S/C22H27N5O/c1-24-12-14-26(15-13-24)17-19-21(23-20-10-6-7-11-27(19)20)22(28)25(2)16-18-8-4-3-5-9-18/h3-11H,12-17H2,1-2H3. The molecule has 0 spiro atoms. The Hall–Kier alpha value is -2.70. The first-order valence-electron chi connectivity index (χ1n) is 9.78. The molecule has 1 aliphatic heterocycles. The van der Waals surface area contributed by atoms with Gasteiger partial charge in [-0.05, 0) is 24.7 Å². The molecule has 0 unspecified atom stereocenters. The van der Waals surface area contributed by atoms with Crippen LogP contribution >= 0.6 is 0 Å². The van der Waals surface area contributed by atoms with E-state index in [-0.39, 0.29) is 5.91 Å². The zero-order valence-electron chi connectivity index (χ0n) is 16.6. The van der Waals surface area contributed by atoms with E-state index < -0.39 is 0 Å². The van der Waals surface area contributed by atoms with Crippen molar-refractivity contribution < 1.29 is 4.79 Å². The van der Waals surface area contributed by atoms with Crippen LogP contribution in [0.3, 0.4) is 0 Å². The molecule has 0 atom stereocenters. The molecule has 2 aromatic heterocycles. The third kappa shape index (κ3) is 3.93. The third-order valence-electron chi connectivity index (χ3n) is 5.41. The molecule has 1 amide bonds. The first-order valence-corrected chi connectivity index (χ1v) is 9.78. The average Bonchev–Trinajstić information content (AvgIpc) is 3.08. The second kappa shape index (κ2) is 8.12.